The third-order valence-corrected chi connectivity index (χ3v) is 4.41. The molecule has 3 nitrogen and oxygen atoms in total. The lowest BCUT2D eigenvalue weighted by atomic mass is 9.86. The number of sulfonamides is 1. The van der Waals surface area contributed by atoms with Crippen molar-refractivity contribution in [2.24, 2.45) is 0 Å². The maximum absolute atomic E-state index is 12.4. The topological polar surface area (TPSA) is 46.2 Å². The van der Waals surface area contributed by atoms with Crippen molar-refractivity contribution in [1.82, 2.24) is 4.72 Å². The molecule has 1 aromatic carbocycles. The number of benzene rings is 1. The molecule has 0 heterocycles. The van der Waals surface area contributed by atoms with Gasteiger partial charge in [-0.05, 0) is 56.4 Å². The van der Waals surface area contributed by atoms with Gasteiger partial charge in [0.25, 0.3) is 0 Å². The van der Waals surface area contributed by atoms with Gasteiger partial charge in [-0.25, -0.2) is 13.1 Å². The van der Waals surface area contributed by atoms with Crippen LogP contribution in [0, 0.1) is 6.92 Å². The molecular weight excluding hydrogens is 258 g/mol. The van der Waals surface area contributed by atoms with Crippen LogP contribution in [0.25, 0.3) is 0 Å². The maximum atomic E-state index is 12.4. The Morgan fingerprint density at radius 2 is 1.47 bits per heavy atom. The zero-order valence-corrected chi connectivity index (χ0v) is 13.8. The summed E-state index contributed by atoms with van der Waals surface area (Å²) in [6, 6.07) is 5.51. The van der Waals surface area contributed by atoms with E-state index in [1.165, 1.54) is 0 Å². The lowest BCUT2D eigenvalue weighted by Gasteiger charge is -2.23. The largest absolute Gasteiger partial charge is 0.241 e. The fraction of sp³-hybridized carbons (Fsp3) is 0.600. The van der Waals surface area contributed by atoms with Crippen LogP contribution < -0.4 is 4.72 Å². The fourth-order valence-electron chi connectivity index (χ4n) is 1.80. The molecule has 0 aliphatic rings. The van der Waals surface area contributed by atoms with Gasteiger partial charge >= 0.3 is 0 Å². The average Bonchev–Trinajstić information content (AvgIpc) is 2.11. The molecule has 0 spiro atoms. The molecule has 19 heavy (non-hydrogen) atoms. The van der Waals surface area contributed by atoms with E-state index in [0.29, 0.717) is 4.90 Å². The molecule has 4 heteroatoms. The highest BCUT2D eigenvalue weighted by Crippen LogP contribution is 2.26. The summed E-state index contributed by atoms with van der Waals surface area (Å²) >= 11 is 0. The van der Waals surface area contributed by atoms with E-state index in [1.54, 1.807) is 12.1 Å². The first kappa shape index (κ1) is 16.2. The predicted molar refractivity (Wildman–Crippen MR) is 80.0 cm³/mol. The number of nitrogens with one attached hydrogen (secondary N) is 1. The number of rotatable bonds is 2. The highest BCUT2D eigenvalue weighted by atomic mass is 32.2. The van der Waals surface area contributed by atoms with Gasteiger partial charge in [-0.15, -0.1) is 0 Å². The molecule has 0 amide bonds. The van der Waals surface area contributed by atoms with Crippen LogP contribution in [0.2, 0.25) is 0 Å². The Kier molecular flexibility index (Phi) is 4.18. The van der Waals surface area contributed by atoms with Crippen molar-refractivity contribution < 1.29 is 8.42 Å². The maximum Gasteiger partial charge on any atom is 0.241 e. The van der Waals surface area contributed by atoms with Crippen molar-refractivity contribution in [1.29, 1.82) is 0 Å². The van der Waals surface area contributed by atoms with Crippen molar-refractivity contribution in [3.63, 3.8) is 0 Å². The highest BCUT2D eigenvalue weighted by molar-refractivity contribution is 7.89. The lowest BCUT2D eigenvalue weighted by molar-refractivity contribution is 0.491. The molecule has 0 aliphatic heterocycles. The van der Waals surface area contributed by atoms with Gasteiger partial charge in [-0.3, -0.25) is 0 Å². The Hall–Kier alpha value is -0.870. The van der Waals surface area contributed by atoms with Crippen LogP contribution in [0.1, 0.15) is 52.7 Å². The molecule has 0 fully saturated rings. The smallest absolute Gasteiger partial charge is 0.207 e. The molecule has 1 rings (SSSR count). The van der Waals surface area contributed by atoms with E-state index in [0.717, 1.165) is 11.1 Å². The molecule has 0 unspecified atom stereocenters. The van der Waals surface area contributed by atoms with E-state index in [9.17, 15) is 8.42 Å². The first-order chi connectivity index (χ1) is 8.31. The summed E-state index contributed by atoms with van der Waals surface area (Å²) in [5, 5.41) is 0. The van der Waals surface area contributed by atoms with Gasteiger partial charge in [0.05, 0.1) is 4.90 Å². The van der Waals surface area contributed by atoms with Gasteiger partial charge in [0.15, 0.2) is 0 Å². The van der Waals surface area contributed by atoms with E-state index in [-0.39, 0.29) is 5.41 Å². The van der Waals surface area contributed by atoms with Crippen molar-refractivity contribution in [3.8, 4) is 0 Å². The van der Waals surface area contributed by atoms with Crippen molar-refractivity contribution in [2.45, 2.75) is 64.3 Å². The monoisotopic (exact) mass is 283 g/mol. The van der Waals surface area contributed by atoms with Gasteiger partial charge in [0, 0.05) is 5.54 Å². The molecule has 0 aliphatic carbocycles. The van der Waals surface area contributed by atoms with E-state index < -0.39 is 15.6 Å². The average molecular weight is 283 g/mol. The Balaban J connectivity index is 3.33. The van der Waals surface area contributed by atoms with E-state index in [2.05, 4.69) is 25.5 Å². The van der Waals surface area contributed by atoms with Crippen LogP contribution in [0.3, 0.4) is 0 Å². The van der Waals surface area contributed by atoms with E-state index >= 15 is 0 Å². The summed E-state index contributed by atoms with van der Waals surface area (Å²) in [6.07, 6.45) is 0. The first-order valence-corrected chi connectivity index (χ1v) is 7.96. The Labute approximate surface area is 117 Å². The Morgan fingerprint density at radius 3 is 1.89 bits per heavy atom. The molecule has 0 saturated heterocycles. The molecule has 0 saturated carbocycles. The normalized spacial score (nSPS) is 13.6. The summed E-state index contributed by atoms with van der Waals surface area (Å²) in [6.45, 7) is 13.7. The molecule has 1 aromatic rings. The molecular formula is C15H25NO2S. The summed E-state index contributed by atoms with van der Waals surface area (Å²) < 4.78 is 27.4. The zero-order chi connectivity index (χ0) is 15.1. The van der Waals surface area contributed by atoms with Crippen LogP contribution >= 0.6 is 0 Å². The number of aryl methyl sites for hydroxylation is 1. The second-order valence-corrected chi connectivity index (χ2v) is 8.82. The van der Waals surface area contributed by atoms with Gasteiger partial charge in [-0.2, -0.15) is 0 Å². The third-order valence-electron chi connectivity index (χ3n) is 2.67. The molecule has 0 atom stereocenters. The zero-order valence-electron chi connectivity index (χ0n) is 13.0. The van der Waals surface area contributed by atoms with Crippen LogP contribution in [0.5, 0.6) is 0 Å². The molecule has 0 bridgehead atoms. The standard InChI is InChI=1S/C15H25NO2S/c1-11-8-12(14(2,3)4)10-13(9-11)19(17,18)16-15(5,6)7/h8-10,16H,1-7H3. The number of hydrogen-bond acceptors (Lipinski definition) is 2. The predicted octanol–water partition coefficient (Wildman–Crippen LogP) is 3.37. The highest BCUT2D eigenvalue weighted by Gasteiger charge is 2.24. The SMILES string of the molecule is Cc1cc(C(C)(C)C)cc(S(=O)(=O)NC(C)(C)C)c1. The van der Waals surface area contributed by atoms with Crippen LogP contribution in [-0.4, -0.2) is 14.0 Å². The van der Waals surface area contributed by atoms with Crippen molar-refractivity contribution >= 4 is 10.0 Å². The second kappa shape index (κ2) is 4.91. The molecule has 0 aromatic heterocycles. The summed E-state index contributed by atoms with van der Waals surface area (Å²) in [7, 11) is -3.47. The van der Waals surface area contributed by atoms with Gasteiger partial charge < -0.3 is 0 Å². The first-order valence-electron chi connectivity index (χ1n) is 6.47. The van der Waals surface area contributed by atoms with E-state index in [4.69, 9.17) is 0 Å². The quantitative estimate of drug-likeness (QED) is 0.904. The Bertz CT molecular complexity index is 561. The van der Waals surface area contributed by atoms with Crippen LogP contribution in [0.4, 0.5) is 0 Å². The fourth-order valence-corrected chi connectivity index (χ4v) is 3.35. The molecule has 0 radical (unpaired) electrons. The Morgan fingerprint density at radius 1 is 0.947 bits per heavy atom. The summed E-state index contributed by atoms with van der Waals surface area (Å²) in [4.78, 5) is 0.340. The van der Waals surface area contributed by atoms with Crippen LogP contribution in [-0.2, 0) is 15.4 Å². The minimum absolute atomic E-state index is 0.0714. The van der Waals surface area contributed by atoms with Gasteiger partial charge in [-0.1, -0.05) is 26.8 Å². The molecule has 108 valence electrons. The molecule has 1 N–H and O–H groups in total. The minimum Gasteiger partial charge on any atom is -0.207 e. The second-order valence-electron chi connectivity index (χ2n) is 7.14. The van der Waals surface area contributed by atoms with Gasteiger partial charge in [0.1, 0.15) is 0 Å². The van der Waals surface area contributed by atoms with Gasteiger partial charge in [0.2, 0.25) is 10.0 Å². The minimum atomic E-state index is -3.47. The van der Waals surface area contributed by atoms with Crippen LogP contribution in [0.15, 0.2) is 23.1 Å². The number of hydrogen-bond donors (Lipinski definition) is 1. The van der Waals surface area contributed by atoms with E-state index in [1.807, 2.05) is 33.8 Å². The van der Waals surface area contributed by atoms with Crippen molar-refractivity contribution in [2.75, 3.05) is 0 Å². The summed E-state index contributed by atoms with van der Waals surface area (Å²) in [5.41, 5.74) is 1.44. The third kappa shape index (κ3) is 4.62. The lowest BCUT2D eigenvalue weighted by Crippen LogP contribution is -2.40. The van der Waals surface area contributed by atoms with Crippen molar-refractivity contribution in [3.05, 3.63) is 29.3 Å². The summed E-state index contributed by atoms with van der Waals surface area (Å²) in [5.74, 6) is 0.